The summed E-state index contributed by atoms with van der Waals surface area (Å²) in [6, 6.07) is 3.07. The van der Waals surface area contributed by atoms with Gasteiger partial charge in [0.2, 0.25) is 0 Å². The van der Waals surface area contributed by atoms with E-state index >= 15 is 0 Å². The highest BCUT2D eigenvalue weighted by atomic mass is 35.5. The van der Waals surface area contributed by atoms with Crippen molar-refractivity contribution in [3.63, 3.8) is 0 Å². The predicted molar refractivity (Wildman–Crippen MR) is 79.1 cm³/mol. The fourth-order valence-electron chi connectivity index (χ4n) is 2.43. The lowest BCUT2D eigenvalue weighted by molar-refractivity contribution is 0.111. The first-order chi connectivity index (χ1) is 10.2. The second kappa shape index (κ2) is 6.03. The lowest BCUT2D eigenvalue weighted by atomic mass is 10.2. The monoisotopic (exact) mass is 325 g/mol. The van der Waals surface area contributed by atoms with E-state index in [0.29, 0.717) is 27.6 Å². The summed E-state index contributed by atoms with van der Waals surface area (Å²) in [6.07, 6.45) is 3.86. The zero-order valence-corrected chi connectivity index (χ0v) is 12.7. The molecule has 1 aliphatic rings. The Morgan fingerprint density at radius 2 is 2.14 bits per heavy atom. The van der Waals surface area contributed by atoms with E-state index in [9.17, 15) is 4.79 Å². The largest absolute Gasteiger partial charge is 0.483 e. The van der Waals surface area contributed by atoms with Gasteiger partial charge in [0.05, 0.1) is 10.6 Å². The molecule has 2 heterocycles. The highest BCUT2D eigenvalue weighted by molar-refractivity contribution is 6.36. The van der Waals surface area contributed by atoms with Crippen LogP contribution in [0, 0.1) is 0 Å². The van der Waals surface area contributed by atoms with Crippen LogP contribution >= 0.6 is 23.2 Å². The van der Waals surface area contributed by atoms with Crippen molar-refractivity contribution >= 4 is 29.5 Å². The van der Waals surface area contributed by atoms with Gasteiger partial charge in [-0.2, -0.15) is 0 Å². The van der Waals surface area contributed by atoms with Gasteiger partial charge in [-0.1, -0.05) is 23.2 Å². The van der Waals surface area contributed by atoms with E-state index in [1.165, 1.54) is 6.07 Å². The molecule has 0 atom stereocenters. The summed E-state index contributed by atoms with van der Waals surface area (Å²) in [6.45, 7) is 1.12. The zero-order valence-electron chi connectivity index (χ0n) is 11.2. The summed E-state index contributed by atoms with van der Waals surface area (Å²) < 4.78 is 7.74. The quantitative estimate of drug-likeness (QED) is 0.809. The molecule has 0 amide bonds. The van der Waals surface area contributed by atoms with E-state index in [0.717, 1.165) is 37.5 Å². The molecule has 0 N–H and O–H groups in total. The molecule has 0 saturated heterocycles. The fraction of sp³-hybridized carbons (Fsp3) is 0.357. The van der Waals surface area contributed by atoms with Gasteiger partial charge in [-0.05, 0) is 25.0 Å². The number of rotatable bonds is 4. The first-order valence-electron chi connectivity index (χ1n) is 6.67. The molecule has 3 rings (SSSR count). The number of aryl methyl sites for hydroxylation is 1. The van der Waals surface area contributed by atoms with Crippen molar-refractivity contribution in [3.8, 4) is 5.75 Å². The molecule has 2 aromatic rings. The number of hydrogen-bond acceptors (Lipinski definition) is 4. The minimum atomic E-state index is 0.217. The number of aldehydes is 1. The van der Waals surface area contributed by atoms with Crippen LogP contribution in [0.3, 0.4) is 0 Å². The average molecular weight is 326 g/mol. The molecule has 21 heavy (non-hydrogen) atoms. The van der Waals surface area contributed by atoms with Crippen molar-refractivity contribution in [2.24, 2.45) is 0 Å². The van der Waals surface area contributed by atoms with Crippen LogP contribution in [0.2, 0.25) is 10.0 Å². The summed E-state index contributed by atoms with van der Waals surface area (Å²) in [5.74, 6) is 2.05. The smallest absolute Gasteiger partial charge is 0.171 e. The predicted octanol–water partition coefficient (Wildman–Crippen LogP) is 3.31. The molecule has 0 radical (unpaired) electrons. The Morgan fingerprint density at radius 1 is 1.29 bits per heavy atom. The van der Waals surface area contributed by atoms with Gasteiger partial charge in [0.1, 0.15) is 18.2 Å². The first-order valence-corrected chi connectivity index (χ1v) is 7.42. The maximum absolute atomic E-state index is 11.1. The van der Waals surface area contributed by atoms with E-state index in [4.69, 9.17) is 27.9 Å². The van der Waals surface area contributed by atoms with Gasteiger partial charge in [-0.25, -0.2) is 0 Å². The number of aromatic nitrogens is 3. The second-order valence-electron chi connectivity index (χ2n) is 4.85. The molecule has 0 bridgehead atoms. The van der Waals surface area contributed by atoms with Gasteiger partial charge in [0, 0.05) is 18.0 Å². The van der Waals surface area contributed by atoms with Crippen molar-refractivity contribution < 1.29 is 9.53 Å². The SMILES string of the molecule is O=Cc1cc(Cl)cc(Cl)c1OCc1nnc2n1CCCC2. The Hall–Kier alpha value is -1.59. The lowest BCUT2D eigenvalue weighted by Gasteiger charge is -2.15. The maximum atomic E-state index is 11.1. The molecule has 0 saturated carbocycles. The summed E-state index contributed by atoms with van der Waals surface area (Å²) in [7, 11) is 0. The summed E-state index contributed by atoms with van der Waals surface area (Å²) in [5, 5.41) is 9.01. The van der Waals surface area contributed by atoms with Crippen LogP contribution in [0.1, 0.15) is 34.8 Å². The van der Waals surface area contributed by atoms with Crippen LogP contribution in [0.4, 0.5) is 0 Å². The zero-order chi connectivity index (χ0) is 14.8. The van der Waals surface area contributed by atoms with Crippen molar-refractivity contribution in [2.75, 3.05) is 0 Å². The third-order valence-corrected chi connectivity index (χ3v) is 3.94. The minimum absolute atomic E-state index is 0.217. The topological polar surface area (TPSA) is 57.0 Å². The van der Waals surface area contributed by atoms with Crippen LogP contribution in [0.5, 0.6) is 5.75 Å². The highest BCUT2D eigenvalue weighted by Gasteiger charge is 2.17. The molecule has 0 spiro atoms. The van der Waals surface area contributed by atoms with Crippen molar-refractivity contribution in [3.05, 3.63) is 39.4 Å². The van der Waals surface area contributed by atoms with Crippen LogP contribution in [-0.2, 0) is 19.6 Å². The van der Waals surface area contributed by atoms with Gasteiger partial charge in [-0.3, -0.25) is 4.79 Å². The van der Waals surface area contributed by atoms with E-state index < -0.39 is 0 Å². The Kier molecular flexibility index (Phi) is 4.12. The lowest BCUT2D eigenvalue weighted by Crippen LogP contribution is -2.14. The molecule has 0 aliphatic carbocycles. The van der Waals surface area contributed by atoms with E-state index in [1.807, 2.05) is 0 Å². The number of ether oxygens (including phenoxy) is 1. The van der Waals surface area contributed by atoms with Crippen molar-refractivity contribution in [1.82, 2.24) is 14.8 Å². The van der Waals surface area contributed by atoms with E-state index in [-0.39, 0.29) is 6.61 Å². The van der Waals surface area contributed by atoms with Crippen molar-refractivity contribution in [2.45, 2.75) is 32.4 Å². The summed E-state index contributed by atoms with van der Waals surface area (Å²) in [5.41, 5.74) is 0.325. The number of nitrogens with zero attached hydrogens (tertiary/aromatic N) is 3. The summed E-state index contributed by atoms with van der Waals surface area (Å²) in [4.78, 5) is 11.1. The van der Waals surface area contributed by atoms with Gasteiger partial charge >= 0.3 is 0 Å². The Bertz CT molecular complexity index is 685. The van der Waals surface area contributed by atoms with E-state index in [2.05, 4.69) is 14.8 Å². The number of hydrogen-bond donors (Lipinski definition) is 0. The number of carbonyl (C=O) groups excluding carboxylic acids is 1. The fourth-order valence-corrected chi connectivity index (χ4v) is 3.00. The number of halogens is 2. The average Bonchev–Trinajstić information content (AvgIpc) is 2.89. The molecule has 5 nitrogen and oxygen atoms in total. The summed E-state index contributed by atoms with van der Waals surface area (Å²) >= 11 is 12.0. The van der Waals surface area contributed by atoms with Gasteiger partial charge in [0.15, 0.2) is 12.1 Å². The van der Waals surface area contributed by atoms with Gasteiger partial charge in [0.25, 0.3) is 0 Å². The molecular formula is C14H13Cl2N3O2. The molecule has 7 heteroatoms. The highest BCUT2D eigenvalue weighted by Crippen LogP contribution is 2.32. The standard InChI is InChI=1S/C14H13Cl2N3O2/c15-10-5-9(7-20)14(11(16)6-10)21-8-13-18-17-12-3-1-2-4-19(12)13/h5-7H,1-4,8H2. The van der Waals surface area contributed by atoms with Crippen LogP contribution in [0.25, 0.3) is 0 Å². The van der Waals surface area contributed by atoms with Crippen LogP contribution in [0.15, 0.2) is 12.1 Å². The maximum Gasteiger partial charge on any atom is 0.171 e. The molecule has 1 aromatic heterocycles. The Labute approximate surface area is 131 Å². The van der Waals surface area contributed by atoms with Crippen LogP contribution < -0.4 is 4.74 Å². The number of fused-ring (bicyclic) bond motifs is 1. The minimum Gasteiger partial charge on any atom is -0.483 e. The molecule has 110 valence electrons. The number of benzene rings is 1. The molecule has 1 aliphatic heterocycles. The Balaban J connectivity index is 1.82. The third kappa shape index (κ3) is 2.89. The van der Waals surface area contributed by atoms with E-state index in [1.54, 1.807) is 6.07 Å². The molecular weight excluding hydrogens is 313 g/mol. The third-order valence-electron chi connectivity index (χ3n) is 3.45. The molecule has 0 fully saturated rings. The van der Waals surface area contributed by atoms with Gasteiger partial charge in [-0.15, -0.1) is 10.2 Å². The second-order valence-corrected chi connectivity index (χ2v) is 5.70. The molecule has 0 unspecified atom stereocenters. The first kappa shape index (κ1) is 14.4. The van der Waals surface area contributed by atoms with Gasteiger partial charge < -0.3 is 9.30 Å². The molecule has 1 aromatic carbocycles. The number of carbonyl (C=O) groups is 1. The van der Waals surface area contributed by atoms with Crippen molar-refractivity contribution in [1.29, 1.82) is 0 Å². The Morgan fingerprint density at radius 3 is 2.95 bits per heavy atom. The normalized spacial score (nSPS) is 13.8. The van der Waals surface area contributed by atoms with Crippen LogP contribution in [-0.4, -0.2) is 21.1 Å².